The zero-order valence-corrected chi connectivity index (χ0v) is 8.76. The number of nitrogen functional groups attached to an aromatic ring is 1. The minimum atomic E-state index is 0.504. The molecule has 0 aliphatic heterocycles. The van der Waals surface area contributed by atoms with Crippen molar-refractivity contribution in [3.05, 3.63) is 28.7 Å². The predicted octanol–water partition coefficient (Wildman–Crippen LogP) is 2.48. The molecule has 2 aromatic rings. The van der Waals surface area contributed by atoms with Crippen LogP contribution in [-0.2, 0) is 0 Å². The Bertz CT molecular complexity index is 508. The van der Waals surface area contributed by atoms with Crippen LogP contribution in [0.15, 0.2) is 12.3 Å². The zero-order chi connectivity index (χ0) is 10.3. The number of rotatable bonds is 0. The van der Waals surface area contributed by atoms with Gasteiger partial charge in [0.05, 0.1) is 28.1 Å². The normalized spacial score (nSPS) is 10.8. The van der Waals surface area contributed by atoms with Crippen molar-refractivity contribution in [2.24, 2.45) is 0 Å². The molecule has 0 fully saturated rings. The smallest absolute Gasteiger partial charge is 0.0931 e. The molecule has 0 aliphatic carbocycles. The average Bonchev–Trinajstić information content (AvgIpc) is 2.12. The standard InChI is InChI=1S/C10H10ClN3/c1-5-3-7-9(11)8(12)4-13-10(7)6(2)14-5/h3-4H,12H2,1-2H3. The van der Waals surface area contributed by atoms with Gasteiger partial charge in [-0.3, -0.25) is 9.97 Å². The lowest BCUT2D eigenvalue weighted by molar-refractivity contribution is 1.13. The minimum Gasteiger partial charge on any atom is -0.396 e. The van der Waals surface area contributed by atoms with Gasteiger partial charge in [-0.25, -0.2) is 0 Å². The Hall–Kier alpha value is -1.35. The number of fused-ring (bicyclic) bond motifs is 1. The van der Waals surface area contributed by atoms with E-state index in [9.17, 15) is 0 Å². The summed E-state index contributed by atoms with van der Waals surface area (Å²) >= 11 is 6.08. The summed E-state index contributed by atoms with van der Waals surface area (Å²) in [6.45, 7) is 3.83. The highest BCUT2D eigenvalue weighted by molar-refractivity contribution is 6.37. The molecule has 2 aromatic heterocycles. The summed E-state index contributed by atoms with van der Waals surface area (Å²) in [6.07, 6.45) is 1.56. The number of nitrogens with two attached hydrogens (primary N) is 1. The molecular weight excluding hydrogens is 198 g/mol. The Labute approximate surface area is 86.9 Å². The lowest BCUT2D eigenvalue weighted by Gasteiger charge is -2.05. The number of aromatic nitrogens is 2. The van der Waals surface area contributed by atoms with Crippen LogP contribution in [0, 0.1) is 13.8 Å². The third kappa shape index (κ3) is 1.30. The highest BCUT2D eigenvalue weighted by Crippen LogP contribution is 2.28. The second kappa shape index (κ2) is 3.10. The number of hydrogen-bond acceptors (Lipinski definition) is 3. The fraction of sp³-hybridized carbons (Fsp3) is 0.200. The highest BCUT2D eigenvalue weighted by Gasteiger charge is 2.07. The lowest BCUT2D eigenvalue weighted by atomic mass is 10.2. The number of pyridine rings is 2. The number of nitrogens with zero attached hydrogens (tertiary/aromatic N) is 2. The topological polar surface area (TPSA) is 51.8 Å². The minimum absolute atomic E-state index is 0.504. The van der Waals surface area contributed by atoms with Crippen LogP contribution in [0.2, 0.25) is 5.02 Å². The van der Waals surface area contributed by atoms with Crippen molar-refractivity contribution in [3.8, 4) is 0 Å². The van der Waals surface area contributed by atoms with Gasteiger partial charge >= 0.3 is 0 Å². The van der Waals surface area contributed by atoms with E-state index in [4.69, 9.17) is 17.3 Å². The second-order valence-electron chi connectivity index (χ2n) is 3.27. The molecule has 0 bridgehead atoms. The summed E-state index contributed by atoms with van der Waals surface area (Å²) in [4.78, 5) is 8.52. The molecule has 0 aliphatic rings. The lowest BCUT2D eigenvalue weighted by Crippen LogP contribution is -1.94. The third-order valence-corrected chi connectivity index (χ3v) is 2.54. The number of aryl methyl sites for hydroxylation is 2. The summed E-state index contributed by atoms with van der Waals surface area (Å²) < 4.78 is 0. The number of hydrogen-bond donors (Lipinski definition) is 1. The number of halogens is 1. The fourth-order valence-electron chi connectivity index (χ4n) is 1.50. The van der Waals surface area contributed by atoms with E-state index in [0.717, 1.165) is 22.3 Å². The Morgan fingerprint density at radius 1 is 1.36 bits per heavy atom. The first-order valence-electron chi connectivity index (χ1n) is 4.27. The van der Waals surface area contributed by atoms with Crippen molar-refractivity contribution in [2.45, 2.75) is 13.8 Å². The fourth-order valence-corrected chi connectivity index (χ4v) is 1.69. The average molecular weight is 208 g/mol. The van der Waals surface area contributed by atoms with Crippen LogP contribution in [0.25, 0.3) is 10.9 Å². The van der Waals surface area contributed by atoms with Gasteiger partial charge in [0.15, 0.2) is 0 Å². The van der Waals surface area contributed by atoms with Crippen LogP contribution in [0.3, 0.4) is 0 Å². The molecule has 0 saturated heterocycles. The maximum absolute atomic E-state index is 6.08. The van der Waals surface area contributed by atoms with Crippen molar-refractivity contribution in [3.63, 3.8) is 0 Å². The van der Waals surface area contributed by atoms with Crippen molar-refractivity contribution in [1.82, 2.24) is 9.97 Å². The van der Waals surface area contributed by atoms with Crippen LogP contribution >= 0.6 is 11.6 Å². The van der Waals surface area contributed by atoms with Gasteiger partial charge in [-0.1, -0.05) is 11.6 Å². The molecule has 0 spiro atoms. The number of anilines is 1. The van der Waals surface area contributed by atoms with E-state index in [2.05, 4.69) is 9.97 Å². The van der Waals surface area contributed by atoms with Crippen molar-refractivity contribution in [2.75, 3.05) is 5.73 Å². The second-order valence-corrected chi connectivity index (χ2v) is 3.65. The molecule has 0 radical (unpaired) electrons. The van der Waals surface area contributed by atoms with Crippen molar-refractivity contribution in [1.29, 1.82) is 0 Å². The van der Waals surface area contributed by atoms with Crippen LogP contribution < -0.4 is 5.73 Å². The molecule has 14 heavy (non-hydrogen) atoms. The van der Waals surface area contributed by atoms with E-state index < -0.39 is 0 Å². The van der Waals surface area contributed by atoms with E-state index in [1.807, 2.05) is 19.9 Å². The van der Waals surface area contributed by atoms with Gasteiger partial charge < -0.3 is 5.73 Å². The molecule has 4 heteroatoms. The van der Waals surface area contributed by atoms with Crippen molar-refractivity contribution < 1.29 is 0 Å². The molecule has 2 N–H and O–H groups in total. The van der Waals surface area contributed by atoms with E-state index >= 15 is 0 Å². The van der Waals surface area contributed by atoms with Crippen molar-refractivity contribution >= 4 is 28.2 Å². The van der Waals surface area contributed by atoms with E-state index in [1.165, 1.54) is 0 Å². The highest BCUT2D eigenvalue weighted by atomic mass is 35.5. The molecule has 0 amide bonds. The Balaban J connectivity index is 2.95. The van der Waals surface area contributed by atoms with E-state index in [0.29, 0.717) is 10.7 Å². The van der Waals surface area contributed by atoms with Gasteiger partial charge in [-0.05, 0) is 19.9 Å². The summed E-state index contributed by atoms with van der Waals surface area (Å²) in [6, 6.07) is 1.90. The SMILES string of the molecule is Cc1cc2c(Cl)c(N)cnc2c(C)n1. The first kappa shape index (κ1) is 9.21. The Morgan fingerprint density at radius 3 is 2.79 bits per heavy atom. The van der Waals surface area contributed by atoms with Gasteiger partial charge in [-0.2, -0.15) is 0 Å². The molecular formula is C10H10ClN3. The van der Waals surface area contributed by atoms with Gasteiger partial charge in [0.2, 0.25) is 0 Å². The summed E-state index contributed by atoms with van der Waals surface area (Å²) in [5, 5.41) is 1.43. The maximum atomic E-state index is 6.08. The molecule has 0 atom stereocenters. The molecule has 2 rings (SSSR count). The summed E-state index contributed by atoms with van der Waals surface area (Å²) in [5.41, 5.74) is 8.79. The largest absolute Gasteiger partial charge is 0.396 e. The molecule has 2 heterocycles. The molecule has 0 aromatic carbocycles. The van der Waals surface area contributed by atoms with E-state index in [-0.39, 0.29) is 0 Å². The quantitative estimate of drug-likeness (QED) is 0.722. The Morgan fingerprint density at radius 2 is 2.07 bits per heavy atom. The van der Waals surface area contributed by atoms with Crippen LogP contribution in [0.4, 0.5) is 5.69 Å². The van der Waals surface area contributed by atoms with E-state index in [1.54, 1.807) is 6.20 Å². The third-order valence-electron chi connectivity index (χ3n) is 2.12. The predicted molar refractivity (Wildman–Crippen MR) is 58.4 cm³/mol. The van der Waals surface area contributed by atoms with Gasteiger partial charge in [0.1, 0.15) is 0 Å². The molecule has 0 saturated carbocycles. The van der Waals surface area contributed by atoms with Gasteiger partial charge in [0, 0.05) is 11.1 Å². The molecule has 3 nitrogen and oxygen atoms in total. The van der Waals surface area contributed by atoms with Crippen LogP contribution in [0.1, 0.15) is 11.4 Å². The molecule has 72 valence electrons. The van der Waals surface area contributed by atoms with Gasteiger partial charge in [0.25, 0.3) is 0 Å². The summed E-state index contributed by atoms with van der Waals surface area (Å²) in [5.74, 6) is 0. The monoisotopic (exact) mass is 207 g/mol. The molecule has 0 unspecified atom stereocenters. The first-order valence-corrected chi connectivity index (χ1v) is 4.65. The van der Waals surface area contributed by atoms with Gasteiger partial charge in [-0.15, -0.1) is 0 Å². The Kier molecular flexibility index (Phi) is 2.04. The first-order chi connectivity index (χ1) is 6.59. The van der Waals surface area contributed by atoms with Crippen LogP contribution in [0.5, 0.6) is 0 Å². The van der Waals surface area contributed by atoms with Crippen LogP contribution in [-0.4, -0.2) is 9.97 Å². The summed E-state index contributed by atoms with van der Waals surface area (Å²) in [7, 11) is 0. The maximum Gasteiger partial charge on any atom is 0.0931 e. The zero-order valence-electron chi connectivity index (χ0n) is 8.00.